The number of alkyl halides is 2. The van der Waals surface area contributed by atoms with E-state index in [4.69, 9.17) is 27.9 Å². The molecule has 0 radical (unpaired) electrons. The second-order valence-corrected chi connectivity index (χ2v) is 11.6. The summed E-state index contributed by atoms with van der Waals surface area (Å²) in [5.74, 6) is -0.303. The Kier molecular flexibility index (Phi) is 22.6. The van der Waals surface area contributed by atoms with Gasteiger partial charge in [-0.2, -0.15) is 0 Å². The zero-order chi connectivity index (χ0) is 18.0. The summed E-state index contributed by atoms with van der Waals surface area (Å²) in [6.45, 7) is 14.2. The van der Waals surface area contributed by atoms with Crippen LogP contribution in [0.5, 0.6) is 0 Å². The lowest BCUT2D eigenvalue weighted by atomic mass is 10.5. The van der Waals surface area contributed by atoms with Crippen LogP contribution in [-0.4, -0.2) is 57.9 Å². The Morgan fingerprint density at radius 3 is 2.00 bits per heavy atom. The molecule has 0 saturated carbocycles. The van der Waals surface area contributed by atoms with Gasteiger partial charge in [0.1, 0.15) is 0 Å². The van der Waals surface area contributed by atoms with Crippen LogP contribution in [0.1, 0.15) is 6.92 Å². The SMILES string of the molecule is C/C=C/C(=O)OC.C=CCN(COC)C[Si](C)(C)C.ClCCl. The molecule has 0 unspecified atom stereocenters. The number of halogens is 2. The van der Waals surface area contributed by atoms with E-state index in [1.54, 1.807) is 20.1 Å². The van der Waals surface area contributed by atoms with E-state index in [2.05, 4.69) is 35.9 Å². The van der Waals surface area contributed by atoms with Crippen LogP contribution in [0.25, 0.3) is 0 Å². The first kappa shape index (κ1) is 26.6. The van der Waals surface area contributed by atoms with E-state index in [0.717, 1.165) is 13.3 Å². The summed E-state index contributed by atoms with van der Waals surface area (Å²) in [5.41, 5.74) is 0. The third-order valence-corrected chi connectivity index (χ3v) is 3.30. The molecule has 0 fully saturated rings. The number of methoxy groups -OCH3 is 2. The topological polar surface area (TPSA) is 38.8 Å². The fourth-order valence-electron chi connectivity index (χ4n) is 1.40. The summed E-state index contributed by atoms with van der Waals surface area (Å²) in [4.78, 5) is 12.4. The minimum Gasteiger partial charge on any atom is -0.466 e. The standard InChI is InChI=1S/C9H21NOSi.C5H8O2.CH2Cl2/c1-6-7-10(8-11-2)9-12(3,4)5;1-3-4-5(6)7-2;2-1-3/h6H,1,7-9H2,2-5H3;3-4H,1-2H3;1H2/b;4-3+;. The number of nitrogens with zero attached hydrogens (tertiary/aromatic N) is 1. The van der Waals surface area contributed by atoms with Gasteiger partial charge in [0.2, 0.25) is 0 Å². The minimum atomic E-state index is -0.997. The molecule has 7 heteroatoms. The molecule has 4 nitrogen and oxygen atoms in total. The molecule has 0 rings (SSSR count). The van der Waals surface area contributed by atoms with Gasteiger partial charge in [0.15, 0.2) is 0 Å². The van der Waals surface area contributed by atoms with Crippen molar-refractivity contribution in [1.82, 2.24) is 4.90 Å². The number of rotatable bonds is 7. The second kappa shape index (κ2) is 18.7. The number of hydrogen-bond donors (Lipinski definition) is 0. The third kappa shape index (κ3) is 27.9. The summed E-state index contributed by atoms with van der Waals surface area (Å²) >= 11 is 9.53. The molecule has 132 valence electrons. The first-order chi connectivity index (χ1) is 10.2. The van der Waals surface area contributed by atoms with Crippen molar-refractivity contribution in [3.05, 3.63) is 24.8 Å². The highest BCUT2D eigenvalue weighted by Crippen LogP contribution is 2.03. The van der Waals surface area contributed by atoms with Gasteiger partial charge in [0.25, 0.3) is 0 Å². The van der Waals surface area contributed by atoms with Crippen molar-refractivity contribution in [2.75, 3.05) is 39.0 Å². The fourth-order valence-corrected chi connectivity index (χ4v) is 2.97. The van der Waals surface area contributed by atoms with Crippen molar-refractivity contribution in [3.8, 4) is 0 Å². The summed E-state index contributed by atoms with van der Waals surface area (Å²) in [6.07, 6.45) is 6.10. The molecule has 0 N–H and O–H groups in total. The van der Waals surface area contributed by atoms with Crippen LogP contribution >= 0.6 is 23.2 Å². The first-order valence-electron chi connectivity index (χ1n) is 6.87. The lowest BCUT2D eigenvalue weighted by Gasteiger charge is -2.26. The fraction of sp³-hybridized carbons (Fsp3) is 0.667. The van der Waals surface area contributed by atoms with Crippen molar-refractivity contribution >= 4 is 37.2 Å². The number of ether oxygens (including phenoxy) is 2. The highest BCUT2D eigenvalue weighted by Gasteiger charge is 2.16. The Morgan fingerprint density at radius 2 is 1.77 bits per heavy atom. The molecule has 0 aromatic rings. The van der Waals surface area contributed by atoms with E-state index in [9.17, 15) is 4.79 Å². The lowest BCUT2D eigenvalue weighted by molar-refractivity contribution is -0.134. The molecule has 0 amide bonds. The van der Waals surface area contributed by atoms with E-state index >= 15 is 0 Å². The summed E-state index contributed by atoms with van der Waals surface area (Å²) in [7, 11) is 2.09. The summed E-state index contributed by atoms with van der Waals surface area (Å²) < 4.78 is 9.37. The van der Waals surface area contributed by atoms with E-state index in [1.807, 2.05) is 6.08 Å². The van der Waals surface area contributed by atoms with Gasteiger partial charge < -0.3 is 9.47 Å². The van der Waals surface area contributed by atoms with Gasteiger partial charge in [0, 0.05) is 19.7 Å². The van der Waals surface area contributed by atoms with E-state index in [1.165, 1.54) is 19.4 Å². The maximum atomic E-state index is 10.1. The largest absolute Gasteiger partial charge is 0.466 e. The molecule has 22 heavy (non-hydrogen) atoms. The van der Waals surface area contributed by atoms with Gasteiger partial charge in [-0.3, -0.25) is 4.90 Å². The predicted molar refractivity (Wildman–Crippen MR) is 100 cm³/mol. The Hall–Kier alpha value is -0.333. The van der Waals surface area contributed by atoms with Crippen molar-refractivity contribution in [2.45, 2.75) is 26.6 Å². The third-order valence-electron chi connectivity index (χ3n) is 1.90. The zero-order valence-electron chi connectivity index (χ0n) is 14.7. The monoisotopic (exact) mass is 371 g/mol. The molecule has 0 aliphatic heterocycles. The van der Waals surface area contributed by atoms with E-state index < -0.39 is 8.07 Å². The van der Waals surface area contributed by atoms with Crippen molar-refractivity contribution in [2.24, 2.45) is 0 Å². The number of hydrogen-bond acceptors (Lipinski definition) is 4. The molecule has 0 spiro atoms. The van der Waals surface area contributed by atoms with Crippen molar-refractivity contribution < 1.29 is 14.3 Å². The Balaban J connectivity index is -0.000000305. The number of carbonyl (C=O) groups is 1. The molecule has 0 aromatic carbocycles. The second-order valence-electron chi connectivity index (χ2n) is 5.40. The highest BCUT2D eigenvalue weighted by atomic mass is 35.5. The van der Waals surface area contributed by atoms with Gasteiger partial charge in [-0.1, -0.05) is 31.8 Å². The quantitative estimate of drug-likeness (QED) is 0.168. The average Bonchev–Trinajstić information content (AvgIpc) is 2.39. The smallest absolute Gasteiger partial charge is 0.330 e. The highest BCUT2D eigenvalue weighted by molar-refractivity contribution is 6.76. The van der Waals surface area contributed by atoms with Gasteiger partial charge in [-0.15, -0.1) is 29.8 Å². The normalized spacial score (nSPS) is 10.4. The molecule has 0 saturated heterocycles. The summed E-state index contributed by atoms with van der Waals surface area (Å²) in [6, 6.07) is 0. The maximum Gasteiger partial charge on any atom is 0.330 e. The average molecular weight is 372 g/mol. The van der Waals surface area contributed by atoms with Gasteiger partial charge in [-0.05, 0) is 13.1 Å². The molecule has 0 aliphatic rings. The van der Waals surface area contributed by atoms with Crippen LogP contribution in [0.4, 0.5) is 0 Å². The molecule has 0 bridgehead atoms. The minimum absolute atomic E-state index is 0.194. The molecule has 0 heterocycles. The first-order valence-corrected chi connectivity index (χ1v) is 11.6. The van der Waals surface area contributed by atoms with Crippen LogP contribution in [0, 0.1) is 0 Å². The maximum absolute atomic E-state index is 10.1. The molecule has 0 aromatic heterocycles. The molecular weight excluding hydrogens is 341 g/mol. The molecular formula is C15H31Cl2NO3Si. The Morgan fingerprint density at radius 1 is 1.27 bits per heavy atom. The van der Waals surface area contributed by atoms with Gasteiger partial charge >= 0.3 is 5.97 Å². The Bertz CT molecular complexity index is 295. The van der Waals surface area contributed by atoms with E-state index in [0.29, 0.717) is 0 Å². The van der Waals surface area contributed by atoms with Gasteiger partial charge in [-0.25, -0.2) is 4.79 Å². The van der Waals surface area contributed by atoms with Crippen molar-refractivity contribution in [3.63, 3.8) is 0 Å². The zero-order valence-corrected chi connectivity index (χ0v) is 17.2. The molecule has 0 atom stereocenters. The van der Waals surface area contributed by atoms with Crippen LogP contribution in [0.15, 0.2) is 24.8 Å². The van der Waals surface area contributed by atoms with Crippen LogP contribution < -0.4 is 0 Å². The van der Waals surface area contributed by atoms with Crippen LogP contribution in [0.2, 0.25) is 19.6 Å². The predicted octanol–water partition coefficient (Wildman–Crippen LogP) is 4.11. The number of esters is 1. The van der Waals surface area contributed by atoms with Crippen LogP contribution in [0.3, 0.4) is 0 Å². The summed E-state index contributed by atoms with van der Waals surface area (Å²) in [5, 5.41) is 0.194. The Labute approximate surface area is 147 Å². The van der Waals surface area contributed by atoms with E-state index in [-0.39, 0.29) is 11.3 Å². The van der Waals surface area contributed by atoms with Crippen LogP contribution in [-0.2, 0) is 14.3 Å². The van der Waals surface area contributed by atoms with Gasteiger partial charge in [0.05, 0.1) is 27.3 Å². The van der Waals surface area contributed by atoms with Crippen molar-refractivity contribution in [1.29, 1.82) is 0 Å². The number of allylic oxidation sites excluding steroid dienone is 1. The lowest BCUT2D eigenvalue weighted by Crippen LogP contribution is -2.41. The molecule has 0 aliphatic carbocycles. The number of carbonyl (C=O) groups excluding carboxylic acids is 1.